The number of benzene rings is 6. The van der Waals surface area contributed by atoms with Gasteiger partial charge in [0.05, 0.1) is 0 Å². The lowest BCUT2D eigenvalue weighted by atomic mass is 9.99. The number of nitrogens with zero attached hydrogens (tertiary/aromatic N) is 2. The predicted octanol–water partition coefficient (Wildman–Crippen LogP) is 9.65. The number of para-hydroxylation sites is 2. The number of rotatable bonds is 4. The van der Waals surface area contributed by atoms with Crippen LogP contribution in [0.1, 0.15) is 22.9 Å². The third kappa shape index (κ3) is 3.94. The van der Waals surface area contributed by atoms with Gasteiger partial charge < -0.3 is 14.2 Å². The summed E-state index contributed by atoms with van der Waals surface area (Å²) in [6, 6.07) is 47.4. The van der Waals surface area contributed by atoms with Crippen LogP contribution in [0.2, 0.25) is 0 Å². The Bertz CT molecular complexity index is 2420. The highest BCUT2D eigenvalue weighted by molar-refractivity contribution is 6.23. The molecule has 0 aliphatic carbocycles. The topological polar surface area (TPSA) is 63.0 Å². The first-order valence-corrected chi connectivity index (χ1v) is 14.7. The molecule has 0 bridgehead atoms. The van der Waals surface area contributed by atoms with Crippen LogP contribution >= 0.6 is 0 Å². The summed E-state index contributed by atoms with van der Waals surface area (Å²) in [5.41, 5.74) is 8.42. The van der Waals surface area contributed by atoms with Crippen molar-refractivity contribution in [2.75, 3.05) is 0 Å². The molecule has 1 aliphatic rings. The van der Waals surface area contributed by atoms with Gasteiger partial charge in [0.2, 0.25) is 0 Å². The van der Waals surface area contributed by atoms with Crippen LogP contribution in [0, 0.1) is 0 Å². The van der Waals surface area contributed by atoms with E-state index in [-0.39, 0.29) is 6.17 Å². The van der Waals surface area contributed by atoms with Crippen LogP contribution < -0.4 is 5.32 Å². The van der Waals surface area contributed by atoms with Gasteiger partial charge in [-0.2, -0.15) is 0 Å². The molecule has 1 atom stereocenters. The fourth-order valence-corrected chi connectivity index (χ4v) is 6.27. The average Bonchev–Trinajstić information content (AvgIpc) is 3.67. The molecule has 1 unspecified atom stereocenters. The van der Waals surface area contributed by atoms with Gasteiger partial charge in [0.1, 0.15) is 34.3 Å². The Hall–Kier alpha value is -5.94. The van der Waals surface area contributed by atoms with Crippen LogP contribution in [0.3, 0.4) is 0 Å². The minimum absolute atomic E-state index is 0.279. The molecule has 0 saturated heterocycles. The maximum Gasteiger partial charge on any atom is 0.160 e. The SMILES string of the molecule is c1ccc(C2=NC(c3cccc4oc5c(-c6ccc7c(c6)oc6ccccc67)cccc5c34)=NC(c3ccccc3)N2)cc1. The van der Waals surface area contributed by atoms with E-state index in [1.165, 1.54) is 0 Å². The summed E-state index contributed by atoms with van der Waals surface area (Å²) in [5.74, 6) is 1.45. The second-order valence-electron chi connectivity index (χ2n) is 11.0. The summed E-state index contributed by atoms with van der Waals surface area (Å²) in [7, 11) is 0. The van der Waals surface area contributed by atoms with Crippen molar-refractivity contribution in [3.05, 3.63) is 156 Å². The van der Waals surface area contributed by atoms with Crippen LogP contribution in [0.4, 0.5) is 0 Å². The molecule has 2 aromatic heterocycles. The predicted molar refractivity (Wildman–Crippen MR) is 178 cm³/mol. The Labute approximate surface area is 252 Å². The molecule has 6 aromatic carbocycles. The van der Waals surface area contributed by atoms with Crippen LogP contribution in [0.5, 0.6) is 0 Å². The van der Waals surface area contributed by atoms with Gasteiger partial charge in [0.25, 0.3) is 0 Å². The van der Waals surface area contributed by atoms with Gasteiger partial charge in [-0.15, -0.1) is 0 Å². The van der Waals surface area contributed by atoms with Crippen LogP contribution in [-0.2, 0) is 0 Å². The standard InChI is InChI=1S/C39H25N3O2/c1-3-11-24(12-4-1)37-40-38(25-13-5-2-6-14-25)42-39(41-37)31-18-10-20-33-35(31)30-17-9-16-27(36(30)44-33)26-21-22-29-28-15-7-8-19-32(28)43-34(29)23-26/h1-23,37H,(H,40,41,42). The van der Waals surface area contributed by atoms with Crippen molar-refractivity contribution >= 4 is 55.5 Å². The zero-order valence-corrected chi connectivity index (χ0v) is 23.6. The number of furan rings is 2. The minimum atomic E-state index is -0.279. The van der Waals surface area contributed by atoms with Crippen LogP contribution in [0.25, 0.3) is 55.0 Å². The van der Waals surface area contributed by atoms with E-state index in [4.69, 9.17) is 18.8 Å². The van der Waals surface area contributed by atoms with Gasteiger partial charge in [0, 0.05) is 38.2 Å². The zero-order valence-electron chi connectivity index (χ0n) is 23.6. The van der Waals surface area contributed by atoms with E-state index in [0.717, 1.165) is 77.5 Å². The third-order valence-corrected chi connectivity index (χ3v) is 8.36. The molecule has 1 aliphatic heterocycles. The van der Waals surface area contributed by atoms with Gasteiger partial charge in [-0.1, -0.05) is 115 Å². The van der Waals surface area contributed by atoms with Gasteiger partial charge in [-0.25, -0.2) is 9.98 Å². The van der Waals surface area contributed by atoms with Gasteiger partial charge in [0.15, 0.2) is 5.84 Å². The van der Waals surface area contributed by atoms with E-state index in [2.05, 4.69) is 78.1 Å². The number of aliphatic imine (C=N–C) groups is 2. The van der Waals surface area contributed by atoms with E-state index in [0.29, 0.717) is 5.84 Å². The summed E-state index contributed by atoms with van der Waals surface area (Å²) in [6.07, 6.45) is -0.279. The van der Waals surface area contributed by atoms with Crippen molar-refractivity contribution in [2.45, 2.75) is 6.17 Å². The van der Waals surface area contributed by atoms with Crippen molar-refractivity contribution in [2.24, 2.45) is 9.98 Å². The normalized spacial score (nSPS) is 15.0. The average molecular weight is 568 g/mol. The van der Waals surface area contributed by atoms with Crippen molar-refractivity contribution in [3.8, 4) is 11.1 Å². The van der Waals surface area contributed by atoms with Gasteiger partial charge in [-0.3, -0.25) is 0 Å². The summed E-state index contributed by atoms with van der Waals surface area (Å²) in [6.45, 7) is 0. The number of fused-ring (bicyclic) bond motifs is 6. The largest absolute Gasteiger partial charge is 0.456 e. The van der Waals surface area contributed by atoms with Crippen LogP contribution in [-0.4, -0.2) is 11.7 Å². The van der Waals surface area contributed by atoms with Crippen LogP contribution in [0.15, 0.2) is 158 Å². The molecule has 1 N–H and O–H groups in total. The van der Waals surface area contributed by atoms with E-state index in [1.54, 1.807) is 0 Å². The first kappa shape index (κ1) is 24.6. The van der Waals surface area contributed by atoms with E-state index in [1.807, 2.05) is 66.7 Å². The summed E-state index contributed by atoms with van der Waals surface area (Å²) in [4.78, 5) is 10.2. The molecular weight excluding hydrogens is 542 g/mol. The quantitative estimate of drug-likeness (QED) is 0.230. The Morgan fingerprint density at radius 2 is 1.23 bits per heavy atom. The molecule has 0 spiro atoms. The molecule has 0 amide bonds. The first-order valence-electron chi connectivity index (χ1n) is 14.7. The fraction of sp³-hybridized carbons (Fsp3) is 0.0256. The highest BCUT2D eigenvalue weighted by Crippen LogP contribution is 2.40. The lowest BCUT2D eigenvalue weighted by Gasteiger charge is -2.23. The van der Waals surface area contributed by atoms with Crippen molar-refractivity contribution < 1.29 is 8.83 Å². The van der Waals surface area contributed by atoms with Gasteiger partial charge >= 0.3 is 0 Å². The third-order valence-electron chi connectivity index (χ3n) is 8.36. The molecule has 0 saturated carbocycles. The molecule has 44 heavy (non-hydrogen) atoms. The Morgan fingerprint density at radius 1 is 0.523 bits per heavy atom. The molecule has 0 radical (unpaired) electrons. The Kier molecular flexibility index (Phi) is 5.50. The highest BCUT2D eigenvalue weighted by Gasteiger charge is 2.24. The van der Waals surface area contributed by atoms with Crippen molar-refractivity contribution in [1.29, 1.82) is 0 Å². The number of nitrogens with one attached hydrogen (secondary N) is 1. The maximum atomic E-state index is 6.61. The van der Waals surface area contributed by atoms with Crippen molar-refractivity contribution in [1.82, 2.24) is 5.32 Å². The first-order chi connectivity index (χ1) is 21.8. The number of hydrogen-bond acceptors (Lipinski definition) is 5. The fourth-order valence-electron chi connectivity index (χ4n) is 6.27. The molecule has 208 valence electrons. The maximum absolute atomic E-state index is 6.61. The van der Waals surface area contributed by atoms with E-state index in [9.17, 15) is 0 Å². The summed E-state index contributed by atoms with van der Waals surface area (Å²) in [5, 5.41) is 7.79. The Morgan fingerprint density at radius 3 is 2.11 bits per heavy atom. The minimum Gasteiger partial charge on any atom is -0.456 e. The highest BCUT2D eigenvalue weighted by atomic mass is 16.3. The molecule has 5 heteroatoms. The van der Waals surface area contributed by atoms with E-state index >= 15 is 0 Å². The molecular formula is C39H25N3O2. The number of hydrogen-bond donors (Lipinski definition) is 1. The lowest BCUT2D eigenvalue weighted by Crippen LogP contribution is -2.33. The molecule has 8 aromatic rings. The van der Waals surface area contributed by atoms with E-state index < -0.39 is 0 Å². The second kappa shape index (κ2) is 9.82. The second-order valence-corrected chi connectivity index (χ2v) is 11.0. The summed E-state index contributed by atoms with van der Waals surface area (Å²) < 4.78 is 12.8. The molecule has 0 fully saturated rings. The Balaban J connectivity index is 1.23. The molecule has 5 nitrogen and oxygen atoms in total. The van der Waals surface area contributed by atoms with Gasteiger partial charge in [-0.05, 0) is 35.4 Å². The number of amidine groups is 2. The molecule has 3 heterocycles. The summed E-state index contributed by atoms with van der Waals surface area (Å²) >= 11 is 0. The smallest absolute Gasteiger partial charge is 0.160 e. The lowest BCUT2D eigenvalue weighted by molar-refractivity contribution is 0.668. The van der Waals surface area contributed by atoms with Crippen molar-refractivity contribution in [3.63, 3.8) is 0 Å². The zero-order chi connectivity index (χ0) is 29.0. The monoisotopic (exact) mass is 567 g/mol. The molecule has 9 rings (SSSR count).